The van der Waals surface area contributed by atoms with E-state index in [1.165, 1.54) is 6.07 Å². The van der Waals surface area contributed by atoms with Crippen LogP contribution < -0.4 is 10.5 Å². The Morgan fingerprint density at radius 3 is 2.25 bits per heavy atom. The van der Waals surface area contributed by atoms with Gasteiger partial charge in [-0.3, -0.25) is 0 Å². The quantitative estimate of drug-likeness (QED) is 0.870. The van der Waals surface area contributed by atoms with Gasteiger partial charge in [-0.2, -0.15) is 18.4 Å². The van der Waals surface area contributed by atoms with Gasteiger partial charge in [0.15, 0.2) is 0 Å². The van der Waals surface area contributed by atoms with E-state index in [0.717, 1.165) is 0 Å². The summed E-state index contributed by atoms with van der Waals surface area (Å²) in [5, 5.41) is 8.45. The molecule has 2 N–H and O–H groups in total. The summed E-state index contributed by atoms with van der Waals surface area (Å²) in [6.45, 7) is -0.510. The number of hydrogen-bond donors (Lipinski definition) is 1. The molecule has 0 fully saturated rings. The minimum Gasteiger partial charge on any atom is -0.388 e. The summed E-state index contributed by atoms with van der Waals surface area (Å²) in [4.78, 5) is 3.25. The van der Waals surface area contributed by atoms with E-state index in [9.17, 15) is 26.3 Å². The Labute approximate surface area is 108 Å². The fourth-order valence-electron chi connectivity index (χ4n) is 1.40. The maximum absolute atomic E-state index is 12.8. The monoisotopic (exact) mass is 299 g/mol. The molecule has 0 aliphatic heterocycles. The molecule has 1 aromatic heterocycles. The lowest BCUT2D eigenvalue weighted by molar-refractivity contribution is -0.276. The maximum Gasteiger partial charge on any atom is 0.574 e. The van der Waals surface area contributed by atoms with Crippen LogP contribution in [0, 0.1) is 11.3 Å². The van der Waals surface area contributed by atoms with E-state index in [1.54, 1.807) is 0 Å². The summed E-state index contributed by atoms with van der Waals surface area (Å²) in [7, 11) is 0. The Kier molecular flexibility index (Phi) is 4.44. The molecule has 0 aliphatic carbocycles. The Bertz CT molecular complexity index is 532. The molecule has 0 saturated heterocycles. The van der Waals surface area contributed by atoms with Crippen molar-refractivity contribution in [3.8, 4) is 11.9 Å². The van der Waals surface area contributed by atoms with Crippen LogP contribution in [0.5, 0.6) is 5.88 Å². The first-order valence-corrected chi connectivity index (χ1v) is 5.01. The van der Waals surface area contributed by atoms with E-state index in [4.69, 9.17) is 11.0 Å². The molecule has 1 aromatic rings. The van der Waals surface area contributed by atoms with Gasteiger partial charge in [-0.05, 0) is 6.07 Å². The van der Waals surface area contributed by atoms with Gasteiger partial charge in [-0.25, -0.2) is 4.98 Å². The first kappa shape index (κ1) is 16.0. The van der Waals surface area contributed by atoms with Crippen LogP contribution in [0.4, 0.5) is 26.3 Å². The highest BCUT2D eigenvalue weighted by molar-refractivity contribution is 5.40. The summed E-state index contributed by atoms with van der Waals surface area (Å²) in [6, 6.07) is 1.84. The van der Waals surface area contributed by atoms with Crippen molar-refractivity contribution >= 4 is 0 Å². The predicted octanol–water partition coefficient (Wildman–Crippen LogP) is 2.52. The Balaban J connectivity index is 3.51. The third-order valence-corrected chi connectivity index (χ3v) is 2.12. The molecule has 0 saturated carbocycles. The Morgan fingerprint density at radius 1 is 1.25 bits per heavy atom. The second-order valence-electron chi connectivity index (χ2n) is 3.53. The molecule has 20 heavy (non-hydrogen) atoms. The zero-order chi connectivity index (χ0) is 15.6. The molecule has 10 heteroatoms. The van der Waals surface area contributed by atoms with Gasteiger partial charge >= 0.3 is 12.5 Å². The third kappa shape index (κ3) is 3.99. The van der Waals surface area contributed by atoms with Crippen LogP contribution in [0.3, 0.4) is 0 Å². The Hall–Kier alpha value is -2.02. The van der Waals surface area contributed by atoms with Gasteiger partial charge in [0.05, 0.1) is 23.7 Å². The number of aromatic nitrogens is 1. The molecule has 1 heterocycles. The number of pyridine rings is 1. The molecule has 4 nitrogen and oxygen atoms in total. The topological polar surface area (TPSA) is 71.9 Å². The molecule has 0 bridgehead atoms. The van der Waals surface area contributed by atoms with Gasteiger partial charge in [0.2, 0.25) is 5.88 Å². The highest BCUT2D eigenvalue weighted by Gasteiger charge is 2.39. The van der Waals surface area contributed by atoms with Gasteiger partial charge in [-0.1, -0.05) is 0 Å². The molecule has 0 atom stereocenters. The van der Waals surface area contributed by atoms with Crippen molar-refractivity contribution in [2.45, 2.75) is 25.5 Å². The van der Waals surface area contributed by atoms with Gasteiger partial charge < -0.3 is 10.5 Å². The molecular weight excluding hydrogens is 292 g/mol. The minimum absolute atomic E-state index is 0.432. The lowest BCUT2D eigenvalue weighted by Gasteiger charge is -2.17. The average Bonchev–Trinajstić information content (AvgIpc) is 2.27. The van der Waals surface area contributed by atoms with Crippen molar-refractivity contribution in [1.29, 1.82) is 5.26 Å². The predicted molar refractivity (Wildman–Crippen MR) is 53.1 cm³/mol. The van der Waals surface area contributed by atoms with Crippen molar-refractivity contribution < 1.29 is 31.1 Å². The van der Waals surface area contributed by atoms with Crippen molar-refractivity contribution in [3.63, 3.8) is 0 Å². The summed E-state index contributed by atoms with van der Waals surface area (Å²) >= 11 is 0. The minimum atomic E-state index is -5.23. The first-order valence-electron chi connectivity index (χ1n) is 5.01. The largest absolute Gasteiger partial charge is 0.574 e. The molecule has 0 aromatic carbocycles. The van der Waals surface area contributed by atoms with Crippen molar-refractivity contribution in [1.82, 2.24) is 4.98 Å². The summed E-state index contributed by atoms with van der Waals surface area (Å²) in [5.74, 6) is -1.31. The number of alkyl halides is 6. The smallest absolute Gasteiger partial charge is 0.388 e. The van der Waals surface area contributed by atoms with Crippen LogP contribution in [0.25, 0.3) is 0 Å². The number of nitrogens with zero attached hydrogens (tertiary/aromatic N) is 2. The molecule has 0 unspecified atom stereocenters. The van der Waals surface area contributed by atoms with Crippen molar-refractivity contribution in [2.75, 3.05) is 0 Å². The normalized spacial score (nSPS) is 12.1. The van der Waals surface area contributed by atoms with E-state index >= 15 is 0 Å². The SMILES string of the molecule is N#CCc1c(C(F)(F)F)cc(CN)nc1OC(F)(F)F. The molecule has 0 spiro atoms. The highest BCUT2D eigenvalue weighted by atomic mass is 19.4. The van der Waals surface area contributed by atoms with E-state index < -0.39 is 48.2 Å². The number of nitrogens with two attached hydrogens (primary N) is 1. The number of nitriles is 1. The van der Waals surface area contributed by atoms with Gasteiger partial charge in [0, 0.05) is 12.1 Å². The second kappa shape index (κ2) is 5.54. The molecule has 0 aliphatic rings. The molecule has 0 radical (unpaired) electrons. The third-order valence-electron chi connectivity index (χ3n) is 2.12. The molecule has 0 amide bonds. The van der Waals surface area contributed by atoms with Crippen LogP contribution in [-0.2, 0) is 19.1 Å². The van der Waals surface area contributed by atoms with Crippen LogP contribution in [0.15, 0.2) is 6.07 Å². The average molecular weight is 299 g/mol. The lowest BCUT2D eigenvalue weighted by atomic mass is 10.1. The number of ether oxygens (including phenoxy) is 1. The molecular formula is C10H7F6N3O. The molecule has 110 valence electrons. The van der Waals surface area contributed by atoms with Crippen LogP contribution in [0.1, 0.15) is 16.8 Å². The van der Waals surface area contributed by atoms with Crippen LogP contribution >= 0.6 is 0 Å². The number of halogens is 6. The molecule has 1 rings (SSSR count). The maximum atomic E-state index is 12.8. The van der Waals surface area contributed by atoms with Crippen molar-refractivity contribution in [2.24, 2.45) is 5.73 Å². The van der Waals surface area contributed by atoms with Gasteiger partial charge in [0.1, 0.15) is 0 Å². The fourth-order valence-corrected chi connectivity index (χ4v) is 1.40. The summed E-state index contributed by atoms with van der Waals surface area (Å²) in [6.07, 6.45) is -11.1. The summed E-state index contributed by atoms with van der Waals surface area (Å²) in [5.41, 5.74) is 2.26. The number of rotatable bonds is 3. The second-order valence-corrected chi connectivity index (χ2v) is 3.53. The zero-order valence-corrected chi connectivity index (χ0v) is 9.64. The van der Waals surface area contributed by atoms with Gasteiger partial charge in [0.25, 0.3) is 0 Å². The number of hydrogen-bond acceptors (Lipinski definition) is 4. The Morgan fingerprint density at radius 2 is 1.85 bits per heavy atom. The van der Waals surface area contributed by atoms with Crippen LogP contribution in [0.2, 0.25) is 0 Å². The van der Waals surface area contributed by atoms with Crippen molar-refractivity contribution in [3.05, 3.63) is 22.9 Å². The van der Waals surface area contributed by atoms with Crippen LogP contribution in [-0.4, -0.2) is 11.3 Å². The zero-order valence-electron chi connectivity index (χ0n) is 9.64. The van der Waals surface area contributed by atoms with E-state index in [0.29, 0.717) is 6.07 Å². The van der Waals surface area contributed by atoms with E-state index in [-0.39, 0.29) is 0 Å². The van der Waals surface area contributed by atoms with E-state index in [1.807, 2.05) is 0 Å². The fraction of sp³-hybridized carbons (Fsp3) is 0.400. The van der Waals surface area contributed by atoms with Gasteiger partial charge in [-0.15, -0.1) is 13.2 Å². The lowest BCUT2D eigenvalue weighted by Crippen LogP contribution is -2.22. The summed E-state index contributed by atoms with van der Waals surface area (Å²) < 4.78 is 78.3. The first-order chi connectivity index (χ1) is 9.08. The highest BCUT2D eigenvalue weighted by Crippen LogP contribution is 2.37. The standard InChI is InChI=1S/C10H7F6N3O/c11-9(12,13)7-3-5(4-18)19-8(6(7)1-2-17)20-10(14,15)16/h3H,1,4,18H2. The van der Waals surface area contributed by atoms with E-state index in [2.05, 4.69) is 9.72 Å².